The van der Waals surface area contributed by atoms with E-state index in [1.807, 2.05) is 0 Å². The van der Waals surface area contributed by atoms with Gasteiger partial charge in [-0.05, 0) is 37.0 Å². The van der Waals surface area contributed by atoms with E-state index in [-0.39, 0.29) is 17.3 Å². The molecule has 18 heavy (non-hydrogen) atoms. The highest BCUT2D eigenvalue weighted by Gasteiger charge is 2.46. The van der Waals surface area contributed by atoms with Gasteiger partial charge in [0, 0.05) is 17.3 Å². The first-order chi connectivity index (χ1) is 8.45. The van der Waals surface area contributed by atoms with Gasteiger partial charge >= 0.3 is 0 Å². The Labute approximate surface area is 115 Å². The Morgan fingerprint density at radius 1 is 1.28 bits per heavy atom. The lowest BCUT2D eigenvalue weighted by molar-refractivity contribution is 0.0572. The first-order valence-electron chi connectivity index (χ1n) is 6.99. The van der Waals surface area contributed by atoms with Crippen molar-refractivity contribution in [2.24, 2.45) is 11.3 Å². The van der Waals surface area contributed by atoms with Crippen molar-refractivity contribution in [2.45, 2.75) is 58.0 Å². The van der Waals surface area contributed by atoms with Crippen molar-refractivity contribution in [3.05, 3.63) is 0 Å². The predicted molar refractivity (Wildman–Crippen MR) is 73.3 cm³/mol. The highest BCUT2D eigenvalue weighted by molar-refractivity contribution is 8.13. The minimum absolute atomic E-state index is 0.0225. The zero-order chi connectivity index (χ0) is 13.2. The van der Waals surface area contributed by atoms with Crippen LogP contribution in [0.15, 0.2) is 0 Å². The first kappa shape index (κ1) is 14.6. The Bertz CT molecular complexity index is 382. The van der Waals surface area contributed by atoms with E-state index in [2.05, 4.69) is 6.92 Å². The maximum absolute atomic E-state index is 11.3. The Kier molecular flexibility index (Phi) is 4.61. The lowest BCUT2D eigenvalue weighted by atomic mass is 9.75. The molecule has 0 N–H and O–H groups in total. The molecular formula is C13H23ClO3S. The van der Waals surface area contributed by atoms with E-state index in [1.54, 1.807) is 0 Å². The largest absolute Gasteiger partial charge is 0.377 e. The van der Waals surface area contributed by atoms with E-state index in [0.717, 1.165) is 25.2 Å². The molecule has 3 atom stereocenters. The third-order valence-electron chi connectivity index (χ3n) is 4.87. The van der Waals surface area contributed by atoms with Crippen molar-refractivity contribution in [2.75, 3.05) is 12.4 Å². The van der Waals surface area contributed by atoms with Crippen LogP contribution in [0.3, 0.4) is 0 Å². The molecule has 1 heterocycles. The maximum Gasteiger partial charge on any atom is 0.235 e. The zero-order valence-electron chi connectivity index (χ0n) is 11.0. The topological polar surface area (TPSA) is 43.4 Å². The second-order valence-corrected chi connectivity index (χ2v) is 8.70. The fourth-order valence-electron chi connectivity index (χ4n) is 3.63. The standard InChI is InChI=1S/C13H23ClO3S/c1-2-11-4-3-6-13(7-5-11)8-9-17-12(13)10-18(14,15)16/h11-12H,2-10H2,1H3. The molecule has 1 saturated heterocycles. The average molecular weight is 295 g/mol. The minimum atomic E-state index is -3.47. The van der Waals surface area contributed by atoms with Gasteiger partial charge in [0.15, 0.2) is 0 Å². The van der Waals surface area contributed by atoms with Crippen LogP contribution >= 0.6 is 10.7 Å². The fourth-order valence-corrected chi connectivity index (χ4v) is 4.79. The molecule has 0 bridgehead atoms. The van der Waals surface area contributed by atoms with E-state index in [9.17, 15) is 8.42 Å². The Hall–Kier alpha value is 0.200. The molecule has 5 heteroatoms. The number of hydrogen-bond acceptors (Lipinski definition) is 3. The van der Waals surface area contributed by atoms with Gasteiger partial charge < -0.3 is 4.74 Å². The SMILES string of the molecule is CCC1CCCC2(CCOC2CS(=O)(=O)Cl)CC1. The van der Waals surface area contributed by atoms with Gasteiger partial charge in [0.05, 0.1) is 11.9 Å². The van der Waals surface area contributed by atoms with Gasteiger partial charge in [-0.2, -0.15) is 0 Å². The molecule has 0 aromatic rings. The van der Waals surface area contributed by atoms with Crippen molar-refractivity contribution < 1.29 is 13.2 Å². The summed E-state index contributed by atoms with van der Waals surface area (Å²) in [6.07, 6.45) is 7.92. The minimum Gasteiger partial charge on any atom is -0.377 e. The number of hydrogen-bond donors (Lipinski definition) is 0. The quantitative estimate of drug-likeness (QED) is 0.750. The molecule has 0 aromatic carbocycles. The van der Waals surface area contributed by atoms with Gasteiger partial charge in [-0.1, -0.05) is 26.2 Å². The van der Waals surface area contributed by atoms with E-state index in [1.165, 1.54) is 25.7 Å². The lowest BCUT2D eigenvalue weighted by Gasteiger charge is -2.32. The predicted octanol–water partition coefficient (Wildman–Crippen LogP) is 3.32. The highest BCUT2D eigenvalue weighted by atomic mass is 35.7. The van der Waals surface area contributed by atoms with Crippen LogP contribution in [0.4, 0.5) is 0 Å². The molecule has 1 aliphatic carbocycles. The van der Waals surface area contributed by atoms with E-state index in [4.69, 9.17) is 15.4 Å². The van der Waals surface area contributed by atoms with Crippen molar-refractivity contribution >= 4 is 19.7 Å². The summed E-state index contributed by atoms with van der Waals surface area (Å²) in [6, 6.07) is 0. The molecule has 2 rings (SSSR count). The summed E-state index contributed by atoms with van der Waals surface area (Å²) in [5.41, 5.74) is 0.0753. The van der Waals surface area contributed by atoms with E-state index < -0.39 is 9.05 Å². The number of ether oxygens (including phenoxy) is 1. The van der Waals surface area contributed by atoms with Crippen LogP contribution in [0, 0.1) is 11.3 Å². The molecule has 1 saturated carbocycles. The van der Waals surface area contributed by atoms with Crippen LogP contribution in [-0.2, 0) is 13.8 Å². The van der Waals surface area contributed by atoms with E-state index >= 15 is 0 Å². The summed E-state index contributed by atoms with van der Waals surface area (Å²) in [7, 11) is 1.94. The lowest BCUT2D eigenvalue weighted by Crippen LogP contribution is -2.35. The molecule has 3 nitrogen and oxygen atoms in total. The van der Waals surface area contributed by atoms with Crippen LogP contribution < -0.4 is 0 Å². The maximum atomic E-state index is 11.3. The summed E-state index contributed by atoms with van der Waals surface area (Å²) in [5, 5.41) is 0. The summed E-state index contributed by atoms with van der Waals surface area (Å²) in [5.74, 6) is 0.781. The average Bonchev–Trinajstić information content (AvgIpc) is 2.53. The van der Waals surface area contributed by atoms with Gasteiger partial charge in [0.25, 0.3) is 0 Å². The van der Waals surface area contributed by atoms with Crippen LogP contribution in [0.5, 0.6) is 0 Å². The smallest absolute Gasteiger partial charge is 0.235 e. The number of halogens is 1. The molecule has 0 radical (unpaired) electrons. The molecular weight excluding hydrogens is 272 g/mol. The van der Waals surface area contributed by atoms with Gasteiger partial charge in [0.2, 0.25) is 9.05 Å². The highest BCUT2D eigenvalue weighted by Crippen LogP contribution is 2.48. The summed E-state index contributed by atoms with van der Waals surface area (Å²) in [4.78, 5) is 0. The zero-order valence-corrected chi connectivity index (χ0v) is 12.6. The second-order valence-electron chi connectivity index (χ2n) is 5.88. The van der Waals surface area contributed by atoms with Crippen molar-refractivity contribution in [3.63, 3.8) is 0 Å². The third-order valence-corrected chi connectivity index (χ3v) is 5.95. The molecule has 2 fully saturated rings. The first-order valence-corrected chi connectivity index (χ1v) is 9.47. The normalized spacial score (nSPS) is 37.9. The molecule has 2 aliphatic rings. The molecule has 1 spiro atoms. The second kappa shape index (κ2) is 5.68. The Morgan fingerprint density at radius 2 is 2.06 bits per heavy atom. The van der Waals surface area contributed by atoms with Gasteiger partial charge in [-0.15, -0.1) is 0 Å². The molecule has 1 aliphatic heterocycles. The van der Waals surface area contributed by atoms with E-state index in [0.29, 0.717) is 6.61 Å². The Morgan fingerprint density at radius 3 is 2.72 bits per heavy atom. The monoisotopic (exact) mass is 294 g/mol. The summed E-state index contributed by atoms with van der Waals surface area (Å²) in [6.45, 7) is 2.93. The van der Waals surface area contributed by atoms with Crippen molar-refractivity contribution in [1.82, 2.24) is 0 Å². The molecule has 0 amide bonds. The van der Waals surface area contributed by atoms with Crippen molar-refractivity contribution in [1.29, 1.82) is 0 Å². The van der Waals surface area contributed by atoms with Gasteiger partial charge in [-0.3, -0.25) is 0 Å². The van der Waals surface area contributed by atoms with Crippen LogP contribution in [-0.4, -0.2) is 26.9 Å². The van der Waals surface area contributed by atoms with Gasteiger partial charge in [-0.25, -0.2) is 8.42 Å². The van der Waals surface area contributed by atoms with Crippen molar-refractivity contribution in [3.8, 4) is 0 Å². The number of rotatable bonds is 3. The third kappa shape index (κ3) is 3.40. The van der Waals surface area contributed by atoms with Crippen LogP contribution in [0.25, 0.3) is 0 Å². The van der Waals surface area contributed by atoms with Crippen LogP contribution in [0.2, 0.25) is 0 Å². The fraction of sp³-hybridized carbons (Fsp3) is 1.00. The van der Waals surface area contributed by atoms with Crippen LogP contribution in [0.1, 0.15) is 51.9 Å². The Balaban J connectivity index is 2.08. The van der Waals surface area contributed by atoms with Gasteiger partial charge in [0.1, 0.15) is 0 Å². The molecule has 0 aromatic heterocycles. The molecule has 106 valence electrons. The molecule has 3 unspecified atom stereocenters. The summed E-state index contributed by atoms with van der Waals surface area (Å²) >= 11 is 0. The summed E-state index contributed by atoms with van der Waals surface area (Å²) < 4.78 is 28.3.